The molecule has 2 rings (SSSR count). The molecule has 0 radical (unpaired) electrons. The first-order valence-electron chi connectivity index (χ1n) is 6.38. The molecule has 0 amide bonds. The fourth-order valence-corrected chi connectivity index (χ4v) is 2.26. The maximum Gasteiger partial charge on any atom is 0.0340 e. The van der Waals surface area contributed by atoms with Gasteiger partial charge in [-0.1, -0.05) is 30.3 Å². The lowest BCUT2D eigenvalue weighted by Crippen LogP contribution is -2.01. The summed E-state index contributed by atoms with van der Waals surface area (Å²) in [7, 11) is 0. The second-order valence-corrected chi connectivity index (χ2v) is 5.62. The molecule has 2 heteroatoms. The van der Waals surface area contributed by atoms with Gasteiger partial charge < -0.3 is 5.32 Å². The van der Waals surface area contributed by atoms with Gasteiger partial charge in [0.05, 0.1) is 0 Å². The van der Waals surface area contributed by atoms with E-state index in [2.05, 4.69) is 82.5 Å². The second-order valence-electron chi connectivity index (χ2n) is 4.38. The first-order valence-corrected chi connectivity index (χ1v) is 7.46. The second kappa shape index (κ2) is 7.41. The van der Waals surface area contributed by atoms with Crippen molar-refractivity contribution >= 4 is 28.3 Å². The van der Waals surface area contributed by atoms with Gasteiger partial charge >= 0.3 is 0 Å². The van der Waals surface area contributed by atoms with Gasteiger partial charge in [0.15, 0.2) is 0 Å². The quantitative estimate of drug-likeness (QED) is 0.586. The molecule has 0 saturated heterocycles. The van der Waals surface area contributed by atoms with E-state index in [4.69, 9.17) is 0 Å². The molecule has 0 fully saturated rings. The van der Waals surface area contributed by atoms with Crippen molar-refractivity contribution in [3.63, 3.8) is 0 Å². The molecule has 0 atom stereocenters. The number of anilines is 1. The third-order valence-electron chi connectivity index (χ3n) is 2.91. The van der Waals surface area contributed by atoms with Gasteiger partial charge in [-0.25, -0.2) is 0 Å². The molecular formula is C16H18IN. The number of unbranched alkanes of at least 4 members (excludes halogenated alkanes) is 1. The zero-order chi connectivity index (χ0) is 12.6. The number of aryl methyl sites for hydroxylation is 1. The van der Waals surface area contributed by atoms with Gasteiger partial charge in [0.1, 0.15) is 0 Å². The van der Waals surface area contributed by atoms with E-state index in [1.54, 1.807) is 0 Å². The van der Waals surface area contributed by atoms with Crippen molar-refractivity contribution in [1.29, 1.82) is 0 Å². The van der Waals surface area contributed by atoms with Gasteiger partial charge in [-0.05, 0) is 71.7 Å². The van der Waals surface area contributed by atoms with Gasteiger partial charge in [0, 0.05) is 15.8 Å². The average molecular weight is 351 g/mol. The topological polar surface area (TPSA) is 12.0 Å². The van der Waals surface area contributed by atoms with Crippen LogP contribution in [0.2, 0.25) is 0 Å². The Kier molecular flexibility index (Phi) is 5.52. The Bertz CT molecular complexity index is 450. The molecule has 0 aliphatic heterocycles. The summed E-state index contributed by atoms with van der Waals surface area (Å²) < 4.78 is 1.28. The van der Waals surface area contributed by atoms with Crippen molar-refractivity contribution in [2.45, 2.75) is 19.3 Å². The Morgan fingerprint density at radius 2 is 1.56 bits per heavy atom. The zero-order valence-electron chi connectivity index (χ0n) is 10.4. The maximum atomic E-state index is 3.45. The van der Waals surface area contributed by atoms with Crippen LogP contribution in [0.15, 0.2) is 54.6 Å². The molecular weight excluding hydrogens is 333 g/mol. The molecule has 1 nitrogen and oxygen atoms in total. The van der Waals surface area contributed by atoms with Crippen molar-refractivity contribution in [1.82, 2.24) is 0 Å². The molecule has 0 spiro atoms. The standard InChI is InChI=1S/C16H18IN/c17-15-9-11-16(12-10-15)18-13-5-4-8-14-6-2-1-3-7-14/h1-3,6-7,9-12,18H,4-5,8,13H2. The average Bonchev–Trinajstić information content (AvgIpc) is 2.42. The third kappa shape index (κ3) is 4.69. The zero-order valence-corrected chi connectivity index (χ0v) is 12.6. The first kappa shape index (κ1) is 13.4. The lowest BCUT2D eigenvalue weighted by atomic mass is 10.1. The number of rotatable bonds is 6. The van der Waals surface area contributed by atoms with Crippen LogP contribution >= 0.6 is 22.6 Å². The lowest BCUT2D eigenvalue weighted by Gasteiger charge is -2.06. The molecule has 0 unspecified atom stereocenters. The highest BCUT2D eigenvalue weighted by Crippen LogP contribution is 2.11. The summed E-state index contributed by atoms with van der Waals surface area (Å²) in [6.07, 6.45) is 3.62. The highest BCUT2D eigenvalue weighted by molar-refractivity contribution is 14.1. The molecule has 0 aliphatic rings. The molecule has 0 heterocycles. The van der Waals surface area contributed by atoms with E-state index in [1.807, 2.05) is 0 Å². The Hall–Kier alpha value is -1.03. The summed E-state index contributed by atoms with van der Waals surface area (Å²) in [4.78, 5) is 0. The third-order valence-corrected chi connectivity index (χ3v) is 3.63. The Balaban J connectivity index is 1.63. The molecule has 0 aromatic heterocycles. The number of benzene rings is 2. The summed E-state index contributed by atoms with van der Waals surface area (Å²) in [6, 6.07) is 19.2. The van der Waals surface area contributed by atoms with Gasteiger partial charge in [-0.2, -0.15) is 0 Å². The van der Waals surface area contributed by atoms with Crippen LogP contribution in [-0.2, 0) is 6.42 Å². The molecule has 0 saturated carbocycles. The highest BCUT2D eigenvalue weighted by atomic mass is 127. The van der Waals surface area contributed by atoms with Crippen LogP contribution in [0.25, 0.3) is 0 Å². The van der Waals surface area contributed by atoms with E-state index in [9.17, 15) is 0 Å². The predicted molar refractivity (Wildman–Crippen MR) is 87.0 cm³/mol. The minimum Gasteiger partial charge on any atom is -0.385 e. The summed E-state index contributed by atoms with van der Waals surface area (Å²) in [5.74, 6) is 0. The normalized spacial score (nSPS) is 10.3. The van der Waals surface area contributed by atoms with E-state index >= 15 is 0 Å². The van der Waals surface area contributed by atoms with E-state index < -0.39 is 0 Å². The van der Waals surface area contributed by atoms with Crippen LogP contribution in [0.5, 0.6) is 0 Å². The fraction of sp³-hybridized carbons (Fsp3) is 0.250. The lowest BCUT2D eigenvalue weighted by molar-refractivity contribution is 0.763. The summed E-state index contributed by atoms with van der Waals surface area (Å²) in [5.41, 5.74) is 2.65. The Labute approximate surface area is 123 Å². The SMILES string of the molecule is Ic1ccc(NCCCCc2ccccc2)cc1. The maximum absolute atomic E-state index is 3.45. The highest BCUT2D eigenvalue weighted by Gasteiger charge is 1.94. The molecule has 0 aliphatic carbocycles. The number of hydrogen-bond donors (Lipinski definition) is 1. The Morgan fingerprint density at radius 1 is 0.833 bits per heavy atom. The summed E-state index contributed by atoms with van der Waals surface area (Å²) in [5, 5.41) is 3.45. The first-order chi connectivity index (χ1) is 8.84. The largest absolute Gasteiger partial charge is 0.385 e. The minimum atomic E-state index is 1.05. The van der Waals surface area contributed by atoms with Gasteiger partial charge in [-0.3, -0.25) is 0 Å². The van der Waals surface area contributed by atoms with E-state index in [0.717, 1.165) is 6.54 Å². The summed E-state index contributed by atoms with van der Waals surface area (Å²) in [6.45, 7) is 1.05. The van der Waals surface area contributed by atoms with E-state index in [-0.39, 0.29) is 0 Å². The summed E-state index contributed by atoms with van der Waals surface area (Å²) >= 11 is 2.33. The molecule has 0 bridgehead atoms. The van der Waals surface area contributed by atoms with E-state index in [0.29, 0.717) is 0 Å². The van der Waals surface area contributed by atoms with Crippen LogP contribution in [0.4, 0.5) is 5.69 Å². The number of halogens is 1. The number of hydrogen-bond acceptors (Lipinski definition) is 1. The van der Waals surface area contributed by atoms with E-state index in [1.165, 1.54) is 34.1 Å². The Morgan fingerprint density at radius 3 is 2.28 bits per heavy atom. The molecule has 2 aromatic carbocycles. The van der Waals surface area contributed by atoms with Crippen LogP contribution in [0, 0.1) is 3.57 Å². The van der Waals surface area contributed by atoms with Crippen molar-refractivity contribution < 1.29 is 0 Å². The molecule has 2 aromatic rings. The van der Waals surface area contributed by atoms with Crippen molar-refractivity contribution in [2.75, 3.05) is 11.9 Å². The van der Waals surface area contributed by atoms with Gasteiger partial charge in [0.25, 0.3) is 0 Å². The predicted octanol–water partition coefficient (Wildman–Crippen LogP) is 4.73. The number of nitrogens with one attached hydrogen (secondary N) is 1. The van der Waals surface area contributed by atoms with Crippen LogP contribution in [-0.4, -0.2) is 6.54 Å². The van der Waals surface area contributed by atoms with Crippen LogP contribution < -0.4 is 5.32 Å². The molecule has 18 heavy (non-hydrogen) atoms. The molecule has 94 valence electrons. The van der Waals surface area contributed by atoms with Crippen molar-refractivity contribution in [3.05, 3.63) is 63.7 Å². The minimum absolute atomic E-state index is 1.05. The van der Waals surface area contributed by atoms with Crippen molar-refractivity contribution in [3.8, 4) is 0 Å². The van der Waals surface area contributed by atoms with Crippen molar-refractivity contribution in [2.24, 2.45) is 0 Å². The fourth-order valence-electron chi connectivity index (χ4n) is 1.90. The smallest absolute Gasteiger partial charge is 0.0340 e. The van der Waals surface area contributed by atoms with Gasteiger partial charge in [-0.15, -0.1) is 0 Å². The molecule has 1 N–H and O–H groups in total. The van der Waals surface area contributed by atoms with Crippen LogP contribution in [0.3, 0.4) is 0 Å². The van der Waals surface area contributed by atoms with Crippen LogP contribution in [0.1, 0.15) is 18.4 Å². The monoisotopic (exact) mass is 351 g/mol. The van der Waals surface area contributed by atoms with Gasteiger partial charge in [0.2, 0.25) is 0 Å².